The number of hydrogen-bond acceptors (Lipinski definition) is 7. The Labute approximate surface area is 217 Å². The smallest absolute Gasteiger partial charge is 0.343 e. The average Bonchev–Trinajstić information content (AvgIpc) is 3.26. The molecule has 9 nitrogen and oxygen atoms in total. The van der Waals surface area contributed by atoms with Crippen LogP contribution in [0.15, 0.2) is 55.2 Å². The molecule has 1 fully saturated rings. The summed E-state index contributed by atoms with van der Waals surface area (Å²) in [6.45, 7) is 7.99. The number of imidazole rings is 1. The van der Waals surface area contributed by atoms with E-state index in [2.05, 4.69) is 53.9 Å². The molecule has 0 radical (unpaired) electrons. The number of halogens is 3. The lowest BCUT2D eigenvalue weighted by Crippen LogP contribution is -2.50. The molecule has 5 rings (SSSR count). The fourth-order valence-electron chi connectivity index (χ4n) is 4.29. The van der Waals surface area contributed by atoms with E-state index in [1.165, 1.54) is 24.5 Å². The number of amides is 1. The number of benzene rings is 1. The molecule has 3 aromatic heterocycles. The highest BCUT2D eigenvalue weighted by Crippen LogP contribution is 2.30. The monoisotopic (exact) mass is 524 g/mol. The van der Waals surface area contributed by atoms with Crippen LogP contribution in [-0.4, -0.2) is 54.4 Å². The van der Waals surface area contributed by atoms with E-state index in [-0.39, 0.29) is 11.6 Å². The first-order valence-electron chi connectivity index (χ1n) is 12.2. The predicted octanol–water partition coefficient (Wildman–Crippen LogP) is 4.74. The summed E-state index contributed by atoms with van der Waals surface area (Å²) in [7, 11) is 0. The number of likely N-dealkylation sites (tertiary alicyclic amines) is 1. The minimum Gasteiger partial charge on any atom is -0.343 e. The molecule has 1 amide bonds. The average molecular weight is 525 g/mol. The Morgan fingerprint density at radius 2 is 1.74 bits per heavy atom. The maximum absolute atomic E-state index is 13.0. The van der Waals surface area contributed by atoms with Gasteiger partial charge in [-0.2, -0.15) is 13.2 Å². The van der Waals surface area contributed by atoms with Crippen LogP contribution < -0.4 is 10.6 Å². The molecule has 198 valence electrons. The second-order valence-corrected chi connectivity index (χ2v) is 9.63. The van der Waals surface area contributed by atoms with Crippen molar-refractivity contribution < 1.29 is 18.0 Å². The van der Waals surface area contributed by atoms with Crippen LogP contribution >= 0.6 is 0 Å². The van der Waals surface area contributed by atoms with Crippen LogP contribution in [0.5, 0.6) is 0 Å². The Bertz CT molecular complexity index is 1430. The van der Waals surface area contributed by atoms with Crippen molar-refractivity contribution in [3.05, 3.63) is 72.2 Å². The fourth-order valence-corrected chi connectivity index (χ4v) is 4.29. The molecule has 1 atom stereocenters. The summed E-state index contributed by atoms with van der Waals surface area (Å²) < 4.78 is 40.3. The van der Waals surface area contributed by atoms with Crippen LogP contribution in [0.25, 0.3) is 11.0 Å². The standard InChI is InChI=1S/C26H27F3N8O/c1-15(2)36-12-19(13-36)37-14-33-22-10-30-20(8-23(22)37)25(38)34-16(3)21-9-32-24(11-31-21)35-18-6-4-17(5-7-18)26(27,28)29/h4-11,14-16,19H,12-13H2,1-3H3,(H,32,35)(H,34,38). The fraction of sp³-hybridized carbons (Fsp3) is 0.346. The molecule has 12 heteroatoms. The van der Waals surface area contributed by atoms with Gasteiger partial charge in [-0.05, 0) is 51.1 Å². The Morgan fingerprint density at radius 3 is 2.37 bits per heavy atom. The van der Waals surface area contributed by atoms with Gasteiger partial charge < -0.3 is 15.2 Å². The van der Waals surface area contributed by atoms with Gasteiger partial charge in [0.25, 0.3) is 5.91 Å². The molecule has 0 spiro atoms. The number of fused-ring (bicyclic) bond motifs is 1. The lowest BCUT2D eigenvalue weighted by molar-refractivity contribution is -0.137. The van der Waals surface area contributed by atoms with E-state index in [1.54, 1.807) is 25.5 Å². The van der Waals surface area contributed by atoms with Crippen molar-refractivity contribution in [2.24, 2.45) is 0 Å². The Hall–Kier alpha value is -4.06. The summed E-state index contributed by atoms with van der Waals surface area (Å²) >= 11 is 0. The molecular weight excluding hydrogens is 497 g/mol. The van der Waals surface area contributed by atoms with Gasteiger partial charge in [-0.25, -0.2) is 15.0 Å². The summed E-state index contributed by atoms with van der Waals surface area (Å²) in [4.78, 5) is 32.6. The molecule has 1 aromatic carbocycles. The van der Waals surface area contributed by atoms with Crippen molar-refractivity contribution in [3.63, 3.8) is 0 Å². The van der Waals surface area contributed by atoms with Gasteiger partial charge in [-0.3, -0.25) is 14.7 Å². The molecule has 38 heavy (non-hydrogen) atoms. The maximum atomic E-state index is 13.0. The lowest BCUT2D eigenvalue weighted by atomic mass is 10.1. The quantitative estimate of drug-likeness (QED) is 0.360. The first kappa shape index (κ1) is 25.6. The number of carbonyl (C=O) groups is 1. The number of aromatic nitrogens is 5. The second-order valence-electron chi connectivity index (χ2n) is 9.63. The lowest BCUT2D eigenvalue weighted by Gasteiger charge is -2.42. The minimum absolute atomic E-state index is 0.277. The number of hydrogen-bond donors (Lipinski definition) is 2. The van der Waals surface area contributed by atoms with E-state index in [4.69, 9.17) is 0 Å². The highest BCUT2D eigenvalue weighted by molar-refractivity contribution is 5.95. The van der Waals surface area contributed by atoms with Gasteiger partial charge in [0.15, 0.2) is 0 Å². The third-order valence-corrected chi connectivity index (χ3v) is 6.66. The Morgan fingerprint density at radius 1 is 1.00 bits per heavy atom. The van der Waals surface area contributed by atoms with Gasteiger partial charge in [-0.1, -0.05) is 0 Å². The van der Waals surface area contributed by atoms with Crippen LogP contribution in [0, 0.1) is 0 Å². The van der Waals surface area contributed by atoms with Gasteiger partial charge in [0.2, 0.25) is 0 Å². The number of nitrogens with zero attached hydrogens (tertiary/aromatic N) is 6. The zero-order valence-corrected chi connectivity index (χ0v) is 21.1. The van der Waals surface area contributed by atoms with E-state index in [9.17, 15) is 18.0 Å². The normalized spacial score (nSPS) is 15.4. The molecule has 1 aliphatic rings. The number of alkyl halides is 3. The Balaban J connectivity index is 1.22. The predicted molar refractivity (Wildman–Crippen MR) is 136 cm³/mol. The molecule has 0 aliphatic carbocycles. The number of rotatable bonds is 7. The molecule has 4 heterocycles. The SMILES string of the molecule is CC(NC(=O)c1cc2c(cn1)ncn2C1CN(C(C)C)C1)c1cnc(Nc2ccc(C(F)(F)F)cc2)cn1. The first-order valence-corrected chi connectivity index (χ1v) is 12.2. The van der Waals surface area contributed by atoms with E-state index >= 15 is 0 Å². The third-order valence-electron chi connectivity index (χ3n) is 6.66. The zero-order chi connectivity index (χ0) is 27.0. The molecule has 1 saturated heterocycles. The van der Waals surface area contributed by atoms with E-state index in [0.29, 0.717) is 29.3 Å². The van der Waals surface area contributed by atoms with Crippen molar-refractivity contribution >= 4 is 28.4 Å². The summed E-state index contributed by atoms with van der Waals surface area (Å²) in [6.07, 6.45) is 1.97. The second kappa shape index (κ2) is 10.0. The highest BCUT2D eigenvalue weighted by Gasteiger charge is 2.31. The minimum atomic E-state index is -4.39. The van der Waals surface area contributed by atoms with Crippen LogP contribution in [0.3, 0.4) is 0 Å². The summed E-state index contributed by atoms with van der Waals surface area (Å²) in [5, 5.41) is 5.80. The van der Waals surface area contributed by atoms with Crippen LogP contribution in [-0.2, 0) is 6.18 Å². The van der Waals surface area contributed by atoms with Gasteiger partial charge in [0, 0.05) is 24.8 Å². The van der Waals surface area contributed by atoms with Crippen molar-refractivity contribution in [2.75, 3.05) is 18.4 Å². The van der Waals surface area contributed by atoms with E-state index < -0.39 is 17.8 Å². The van der Waals surface area contributed by atoms with Crippen molar-refractivity contribution in [3.8, 4) is 0 Å². The van der Waals surface area contributed by atoms with Gasteiger partial charge in [0.05, 0.1) is 53.8 Å². The molecule has 0 bridgehead atoms. The number of nitrogens with one attached hydrogen (secondary N) is 2. The number of anilines is 2. The van der Waals surface area contributed by atoms with Gasteiger partial charge in [-0.15, -0.1) is 0 Å². The molecule has 2 N–H and O–H groups in total. The Kier molecular flexibility index (Phi) is 6.74. The van der Waals surface area contributed by atoms with Crippen LogP contribution in [0.4, 0.5) is 24.7 Å². The summed E-state index contributed by atoms with van der Waals surface area (Å²) in [6, 6.07) is 6.73. The molecule has 1 aliphatic heterocycles. The van der Waals surface area contributed by atoms with E-state index in [0.717, 1.165) is 36.3 Å². The molecular formula is C26H27F3N8O. The van der Waals surface area contributed by atoms with Gasteiger partial charge >= 0.3 is 6.18 Å². The first-order chi connectivity index (χ1) is 18.1. The molecule has 4 aromatic rings. The third kappa shape index (κ3) is 5.30. The van der Waals surface area contributed by atoms with Crippen molar-refractivity contribution in [2.45, 2.75) is 45.1 Å². The largest absolute Gasteiger partial charge is 0.416 e. The van der Waals surface area contributed by atoms with Gasteiger partial charge in [0.1, 0.15) is 17.0 Å². The van der Waals surface area contributed by atoms with E-state index in [1.807, 2.05) is 0 Å². The summed E-state index contributed by atoms with van der Waals surface area (Å²) in [5.41, 5.74) is 2.11. The summed E-state index contributed by atoms with van der Waals surface area (Å²) in [5.74, 6) is 0.0118. The highest BCUT2D eigenvalue weighted by atomic mass is 19.4. The van der Waals surface area contributed by atoms with Crippen molar-refractivity contribution in [1.29, 1.82) is 0 Å². The molecule has 0 saturated carbocycles. The van der Waals surface area contributed by atoms with Crippen molar-refractivity contribution in [1.82, 2.24) is 34.7 Å². The topological polar surface area (TPSA) is 101 Å². The maximum Gasteiger partial charge on any atom is 0.416 e. The van der Waals surface area contributed by atoms with Crippen LogP contribution in [0.2, 0.25) is 0 Å². The number of carbonyl (C=O) groups excluding carboxylic acids is 1. The zero-order valence-electron chi connectivity index (χ0n) is 21.1. The number of pyridine rings is 1. The van der Waals surface area contributed by atoms with Crippen LogP contribution in [0.1, 0.15) is 54.6 Å². The molecule has 1 unspecified atom stereocenters.